The van der Waals surface area contributed by atoms with E-state index in [0.717, 1.165) is 27.1 Å². The normalized spacial score (nSPS) is 10.1. The van der Waals surface area contributed by atoms with E-state index in [-0.39, 0.29) is 0 Å². The third kappa shape index (κ3) is 4.95. The minimum absolute atomic E-state index is 0.526. The molecule has 0 atom stereocenters. The van der Waals surface area contributed by atoms with Crippen LogP contribution < -0.4 is 9.47 Å². The Hall–Kier alpha value is -1.48. The molecule has 0 aliphatic rings. The van der Waals surface area contributed by atoms with Crippen LogP contribution in [0.3, 0.4) is 0 Å². The first-order valence-corrected chi connectivity index (χ1v) is 6.68. The van der Waals surface area contributed by atoms with Gasteiger partial charge in [0.25, 0.3) is 0 Å². The highest BCUT2D eigenvalue weighted by atomic mass is 79.9. The SMILES string of the molecule is COc1ccc(Br)cc1C.[2H]c1ccc(OC)c(C)c1. The van der Waals surface area contributed by atoms with Crippen LogP contribution in [-0.4, -0.2) is 14.2 Å². The second kappa shape index (κ2) is 7.85. The number of methoxy groups -OCH3 is 2. The van der Waals surface area contributed by atoms with E-state index in [1.807, 2.05) is 32.0 Å². The van der Waals surface area contributed by atoms with Crippen molar-refractivity contribution in [3.05, 3.63) is 58.0 Å². The minimum Gasteiger partial charge on any atom is -0.496 e. The fourth-order valence-corrected chi connectivity index (χ4v) is 2.05. The molecule has 0 aliphatic carbocycles. The van der Waals surface area contributed by atoms with E-state index in [0.29, 0.717) is 6.04 Å². The molecule has 2 nitrogen and oxygen atoms in total. The molecule has 3 heteroatoms. The van der Waals surface area contributed by atoms with E-state index in [4.69, 9.17) is 10.8 Å². The fourth-order valence-electron chi connectivity index (χ4n) is 1.57. The monoisotopic (exact) mass is 323 g/mol. The molecule has 0 unspecified atom stereocenters. The minimum atomic E-state index is 0.526. The second-order valence-corrected chi connectivity index (χ2v) is 4.93. The Kier molecular flexibility index (Phi) is 5.76. The summed E-state index contributed by atoms with van der Waals surface area (Å²) in [5.74, 6) is 1.78. The first-order chi connectivity index (χ1) is 9.47. The Morgan fingerprint density at radius 2 is 1.58 bits per heavy atom. The van der Waals surface area contributed by atoms with Gasteiger partial charge in [0.2, 0.25) is 0 Å². The Balaban J connectivity index is 0.000000200. The molecule has 0 aliphatic heterocycles. The van der Waals surface area contributed by atoms with Gasteiger partial charge in [0, 0.05) is 4.47 Å². The molecule has 0 radical (unpaired) electrons. The average Bonchev–Trinajstić information content (AvgIpc) is 2.40. The van der Waals surface area contributed by atoms with Crippen LogP contribution in [0.15, 0.2) is 46.9 Å². The maximum absolute atomic E-state index is 7.25. The second-order valence-electron chi connectivity index (χ2n) is 4.01. The van der Waals surface area contributed by atoms with Gasteiger partial charge in [0.1, 0.15) is 11.5 Å². The summed E-state index contributed by atoms with van der Waals surface area (Å²) in [5, 5.41) is 0. The predicted octanol–water partition coefficient (Wildman–Crippen LogP) is 4.77. The molecule has 2 aromatic carbocycles. The number of rotatable bonds is 2. The van der Waals surface area contributed by atoms with Crippen LogP contribution >= 0.6 is 15.9 Å². The molecule has 0 N–H and O–H groups in total. The van der Waals surface area contributed by atoms with E-state index in [2.05, 4.69) is 15.9 Å². The van der Waals surface area contributed by atoms with Crippen LogP contribution in [0.1, 0.15) is 12.5 Å². The lowest BCUT2D eigenvalue weighted by Gasteiger charge is -2.02. The molecule has 0 heterocycles. The van der Waals surface area contributed by atoms with Crippen molar-refractivity contribution >= 4 is 15.9 Å². The average molecular weight is 324 g/mol. The first kappa shape index (κ1) is 13.9. The lowest BCUT2D eigenvalue weighted by molar-refractivity contribution is 0.411. The van der Waals surface area contributed by atoms with Gasteiger partial charge < -0.3 is 9.47 Å². The number of hydrogen-bond donors (Lipinski definition) is 0. The van der Waals surface area contributed by atoms with E-state index < -0.39 is 0 Å². The van der Waals surface area contributed by atoms with Crippen molar-refractivity contribution in [3.8, 4) is 11.5 Å². The Morgan fingerprint density at radius 1 is 0.947 bits per heavy atom. The highest BCUT2D eigenvalue weighted by Crippen LogP contribution is 2.21. The first-order valence-electron chi connectivity index (χ1n) is 6.39. The number of hydrogen-bond acceptors (Lipinski definition) is 2. The van der Waals surface area contributed by atoms with Crippen molar-refractivity contribution in [3.63, 3.8) is 0 Å². The van der Waals surface area contributed by atoms with E-state index >= 15 is 0 Å². The van der Waals surface area contributed by atoms with Gasteiger partial charge in [-0.05, 0) is 49.2 Å². The van der Waals surface area contributed by atoms with Gasteiger partial charge in [-0.3, -0.25) is 0 Å². The predicted molar refractivity (Wildman–Crippen MR) is 83.2 cm³/mol. The molecule has 0 amide bonds. The molecule has 0 fully saturated rings. The van der Waals surface area contributed by atoms with Crippen LogP contribution in [0.4, 0.5) is 0 Å². The molecule has 0 aromatic heterocycles. The van der Waals surface area contributed by atoms with Gasteiger partial charge in [-0.1, -0.05) is 34.1 Å². The number of benzene rings is 2. The molecule has 0 saturated heterocycles. The van der Waals surface area contributed by atoms with Crippen LogP contribution in [0.2, 0.25) is 0 Å². The van der Waals surface area contributed by atoms with Crippen molar-refractivity contribution in [2.75, 3.05) is 14.2 Å². The molecule has 0 spiro atoms. The van der Waals surface area contributed by atoms with Gasteiger partial charge in [-0.25, -0.2) is 0 Å². The summed E-state index contributed by atoms with van der Waals surface area (Å²) in [6, 6.07) is 11.8. The molecule has 19 heavy (non-hydrogen) atoms. The summed E-state index contributed by atoms with van der Waals surface area (Å²) in [5.41, 5.74) is 2.16. The number of halogens is 1. The van der Waals surface area contributed by atoms with Gasteiger partial charge >= 0.3 is 0 Å². The van der Waals surface area contributed by atoms with Crippen LogP contribution in [0, 0.1) is 13.8 Å². The summed E-state index contributed by atoms with van der Waals surface area (Å²) in [6.07, 6.45) is 0. The summed E-state index contributed by atoms with van der Waals surface area (Å²) < 4.78 is 18.4. The lowest BCUT2D eigenvalue weighted by atomic mass is 10.2. The smallest absolute Gasteiger partial charge is 0.121 e. The standard InChI is InChI=1S/C8H9BrO.C8H10O/c1-6-5-7(9)3-4-8(6)10-2;1-7-5-3-4-6-8(7)9-2/h3-5H,1-2H3;3-6H,1-2H3/i;3D. The van der Waals surface area contributed by atoms with Crippen molar-refractivity contribution < 1.29 is 10.8 Å². The number of para-hydroxylation sites is 1. The zero-order valence-electron chi connectivity index (χ0n) is 12.7. The van der Waals surface area contributed by atoms with Crippen LogP contribution in [0.5, 0.6) is 11.5 Å². The number of aryl methyl sites for hydroxylation is 2. The molecule has 2 rings (SSSR count). The Morgan fingerprint density at radius 3 is 2.11 bits per heavy atom. The van der Waals surface area contributed by atoms with Crippen molar-refractivity contribution in [1.29, 1.82) is 0 Å². The third-order valence-corrected chi connectivity index (χ3v) is 3.09. The molecular formula is C16H19BrO2. The summed E-state index contributed by atoms with van der Waals surface area (Å²) in [7, 11) is 3.31. The van der Waals surface area contributed by atoms with Crippen molar-refractivity contribution in [1.82, 2.24) is 0 Å². The Bertz CT molecular complexity index is 519. The van der Waals surface area contributed by atoms with Crippen molar-refractivity contribution in [2.45, 2.75) is 13.8 Å². The highest BCUT2D eigenvalue weighted by Gasteiger charge is 1.95. The van der Waals surface area contributed by atoms with Crippen LogP contribution in [0.25, 0.3) is 0 Å². The van der Waals surface area contributed by atoms with E-state index in [9.17, 15) is 0 Å². The topological polar surface area (TPSA) is 18.5 Å². The molecule has 2 aromatic rings. The third-order valence-electron chi connectivity index (χ3n) is 2.60. The maximum Gasteiger partial charge on any atom is 0.121 e. The zero-order chi connectivity index (χ0) is 15.1. The van der Waals surface area contributed by atoms with Crippen LogP contribution in [-0.2, 0) is 0 Å². The summed E-state index contributed by atoms with van der Waals surface area (Å²) in [6.45, 7) is 3.94. The van der Waals surface area contributed by atoms with Gasteiger partial charge in [0.05, 0.1) is 15.6 Å². The maximum atomic E-state index is 7.25. The summed E-state index contributed by atoms with van der Waals surface area (Å²) >= 11 is 3.37. The largest absolute Gasteiger partial charge is 0.496 e. The molecular weight excluding hydrogens is 304 g/mol. The van der Waals surface area contributed by atoms with E-state index in [1.54, 1.807) is 32.4 Å². The van der Waals surface area contributed by atoms with Gasteiger partial charge in [-0.2, -0.15) is 0 Å². The van der Waals surface area contributed by atoms with Gasteiger partial charge in [0.15, 0.2) is 0 Å². The van der Waals surface area contributed by atoms with Gasteiger partial charge in [-0.15, -0.1) is 0 Å². The zero-order valence-corrected chi connectivity index (χ0v) is 13.2. The fraction of sp³-hybridized carbons (Fsp3) is 0.250. The Labute approximate surface area is 124 Å². The highest BCUT2D eigenvalue weighted by molar-refractivity contribution is 9.10. The molecule has 0 saturated carbocycles. The lowest BCUT2D eigenvalue weighted by Crippen LogP contribution is -1.85. The number of ether oxygens (including phenoxy) is 2. The molecule has 102 valence electrons. The van der Waals surface area contributed by atoms with E-state index in [1.165, 1.54) is 0 Å². The summed E-state index contributed by atoms with van der Waals surface area (Å²) in [4.78, 5) is 0. The van der Waals surface area contributed by atoms with Crippen molar-refractivity contribution in [2.24, 2.45) is 0 Å². The molecule has 0 bridgehead atoms. The quantitative estimate of drug-likeness (QED) is 0.792.